The Kier molecular flexibility index (Phi) is 3.81. The molecule has 0 radical (unpaired) electrons. The minimum atomic E-state index is -0.437. The van der Waals surface area contributed by atoms with E-state index in [2.05, 4.69) is 15.4 Å². The molecule has 0 spiro atoms. The maximum atomic E-state index is 12.4. The van der Waals surface area contributed by atoms with Crippen molar-refractivity contribution < 1.29 is 15.0 Å². The number of aliphatic hydroxyl groups is 1. The Labute approximate surface area is 127 Å². The number of aliphatic hydroxyl groups excluding tert-OH is 1. The van der Waals surface area contributed by atoms with E-state index in [1.165, 1.54) is 12.3 Å². The largest absolute Gasteiger partial charge is 0.505 e. The fourth-order valence-corrected chi connectivity index (χ4v) is 2.76. The fourth-order valence-electron chi connectivity index (χ4n) is 2.76. The molecule has 2 heterocycles. The molecule has 0 aromatic carbocycles. The van der Waals surface area contributed by atoms with Crippen molar-refractivity contribution in [2.75, 3.05) is 0 Å². The highest BCUT2D eigenvalue weighted by atomic mass is 16.3. The van der Waals surface area contributed by atoms with E-state index in [0.717, 1.165) is 5.56 Å². The van der Waals surface area contributed by atoms with Crippen molar-refractivity contribution in [1.29, 1.82) is 0 Å². The summed E-state index contributed by atoms with van der Waals surface area (Å²) in [6.07, 6.45) is 5.95. The average molecular weight is 302 g/mol. The van der Waals surface area contributed by atoms with Gasteiger partial charge in [0.2, 0.25) is 0 Å². The molecule has 0 bridgehead atoms. The third-order valence-corrected chi connectivity index (χ3v) is 3.99. The number of carbonyl (C=O) groups excluding carboxylic acids is 1. The average Bonchev–Trinajstić information content (AvgIpc) is 2.88. The van der Waals surface area contributed by atoms with Gasteiger partial charge in [0.05, 0.1) is 18.3 Å². The van der Waals surface area contributed by atoms with Crippen molar-refractivity contribution in [2.45, 2.75) is 25.0 Å². The van der Waals surface area contributed by atoms with Crippen LogP contribution in [0.3, 0.4) is 0 Å². The van der Waals surface area contributed by atoms with Crippen molar-refractivity contribution in [3.63, 3.8) is 0 Å². The minimum Gasteiger partial charge on any atom is -0.505 e. The van der Waals surface area contributed by atoms with Crippen molar-refractivity contribution >= 4 is 5.91 Å². The van der Waals surface area contributed by atoms with E-state index in [0.29, 0.717) is 12.8 Å². The lowest BCUT2D eigenvalue weighted by Gasteiger charge is -2.37. The third-order valence-electron chi connectivity index (χ3n) is 3.99. The number of nitrogens with zero attached hydrogens (tertiary/aromatic N) is 3. The van der Waals surface area contributed by atoms with E-state index in [4.69, 9.17) is 0 Å². The van der Waals surface area contributed by atoms with Crippen LogP contribution in [0.2, 0.25) is 0 Å². The van der Waals surface area contributed by atoms with Gasteiger partial charge in [-0.15, -0.1) is 0 Å². The summed E-state index contributed by atoms with van der Waals surface area (Å²) < 4.78 is 1.67. The number of aromatic hydroxyl groups is 1. The number of amides is 1. The molecule has 7 heteroatoms. The zero-order valence-electron chi connectivity index (χ0n) is 12.2. The Morgan fingerprint density at radius 2 is 2.27 bits per heavy atom. The van der Waals surface area contributed by atoms with Gasteiger partial charge in [0.15, 0.2) is 5.69 Å². The van der Waals surface area contributed by atoms with Crippen molar-refractivity contribution in [3.05, 3.63) is 42.0 Å². The maximum Gasteiger partial charge on any atom is 0.274 e. The molecule has 1 aliphatic rings. The van der Waals surface area contributed by atoms with Crippen molar-refractivity contribution in [1.82, 2.24) is 20.1 Å². The predicted octanol–water partition coefficient (Wildman–Crippen LogP) is 0.763. The van der Waals surface area contributed by atoms with Gasteiger partial charge in [-0.25, -0.2) is 4.98 Å². The monoisotopic (exact) mass is 302 g/mol. The first-order chi connectivity index (χ1) is 10.5. The van der Waals surface area contributed by atoms with Crippen LogP contribution in [-0.2, 0) is 7.05 Å². The summed E-state index contributed by atoms with van der Waals surface area (Å²) in [5.74, 6) is -0.444. The van der Waals surface area contributed by atoms with E-state index < -0.39 is 5.91 Å². The molecule has 22 heavy (non-hydrogen) atoms. The zero-order chi connectivity index (χ0) is 15.7. The third kappa shape index (κ3) is 2.80. The summed E-state index contributed by atoms with van der Waals surface area (Å²) in [5, 5.41) is 26.3. The van der Waals surface area contributed by atoms with Crippen LogP contribution in [0.4, 0.5) is 0 Å². The van der Waals surface area contributed by atoms with E-state index in [1.54, 1.807) is 16.9 Å². The van der Waals surface area contributed by atoms with E-state index >= 15 is 0 Å². The molecule has 7 nitrogen and oxygen atoms in total. The SMILES string of the molecule is Cn1cc(C(NC(=O)c2ncccc2O)C2CC(O)C2)cn1. The lowest BCUT2D eigenvalue weighted by molar-refractivity contribution is 0.0234. The van der Waals surface area contributed by atoms with Gasteiger partial charge in [-0.05, 0) is 30.9 Å². The predicted molar refractivity (Wildman–Crippen MR) is 78.0 cm³/mol. The Morgan fingerprint density at radius 1 is 1.50 bits per heavy atom. The number of carbonyl (C=O) groups is 1. The maximum absolute atomic E-state index is 12.4. The van der Waals surface area contributed by atoms with Crippen LogP contribution in [0.1, 0.15) is 34.9 Å². The van der Waals surface area contributed by atoms with Gasteiger partial charge >= 0.3 is 0 Å². The molecule has 0 saturated heterocycles. The minimum absolute atomic E-state index is 0.00346. The Morgan fingerprint density at radius 3 is 2.86 bits per heavy atom. The fraction of sp³-hybridized carbons (Fsp3) is 0.400. The van der Waals surface area contributed by atoms with Crippen LogP contribution in [-0.4, -0.2) is 37.0 Å². The van der Waals surface area contributed by atoms with Gasteiger partial charge in [0.25, 0.3) is 5.91 Å². The van der Waals surface area contributed by atoms with Crippen LogP contribution in [0, 0.1) is 5.92 Å². The number of rotatable bonds is 4. The van der Waals surface area contributed by atoms with Gasteiger partial charge in [-0.3, -0.25) is 9.48 Å². The van der Waals surface area contributed by atoms with Crippen LogP contribution >= 0.6 is 0 Å². The first-order valence-corrected chi connectivity index (χ1v) is 7.16. The molecule has 2 aromatic rings. The normalized spacial score (nSPS) is 21.9. The smallest absolute Gasteiger partial charge is 0.274 e. The number of nitrogens with one attached hydrogen (secondary N) is 1. The second kappa shape index (κ2) is 5.76. The Hall–Kier alpha value is -2.41. The Balaban J connectivity index is 1.81. The molecule has 1 atom stereocenters. The van der Waals surface area contributed by atoms with Gasteiger partial charge in [-0.2, -0.15) is 5.10 Å². The van der Waals surface area contributed by atoms with E-state index in [1.807, 2.05) is 13.2 Å². The number of hydrogen-bond donors (Lipinski definition) is 3. The summed E-state index contributed by atoms with van der Waals surface area (Å²) in [6.45, 7) is 0. The van der Waals surface area contributed by atoms with Crippen molar-refractivity contribution in [3.8, 4) is 5.75 Å². The van der Waals surface area contributed by atoms with Crippen LogP contribution in [0.15, 0.2) is 30.7 Å². The summed E-state index contributed by atoms with van der Waals surface area (Å²) >= 11 is 0. The topological polar surface area (TPSA) is 100 Å². The molecule has 2 aromatic heterocycles. The Bertz CT molecular complexity index is 679. The summed E-state index contributed by atoms with van der Waals surface area (Å²) in [5.41, 5.74) is 0.874. The summed E-state index contributed by atoms with van der Waals surface area (Å²) in [7, 11) is 1.81. The lowest BCUT2D eigenvalue weighted by Crippen LogP contribution is -2.41. The van der Waals surface area contributed by atoms with Crippen LogP contribution in [0.25, 0.3) is 0 Å². The van der Waals surface area contributed by atoms with E-state index in [-0.39, 0.29) is 29.5 Å². The van der Waals surface area contributed by atoms with Gasteiger partial charge in [0, 0.05) is 25.0 Å². The highest BCUT2D eigenvalue weighted by Crippen LogP contribution is 2.38. The molecule has 3 rings (SSSR count). The first-order valence-electron chi connectivity index (χ1n) is 7.16. The molecule has 116 valence electrons. The van der Waals surface area contributed by atoms with Crippen LogP contribution < -0.4 is 5.32 Å². The van der Waals surface area contributed by atoms with Gasteiger partial charge in [0.1, 0.15) is 5.75 Å². The highest BCUT2D eigenvalue weighted by Gasteiger charge is 2.36. The standard InChI is InChI=1S/C15H18N4O3/c1-19-8-10(7-17-19)13(9-5-11(20)6-9)18-15(22)14-12(21)3-2-4-16-14/h2-4,7-9,11,13,20-21H,5-6H2,1H3,(H,18,22). The molecule has 1 aliphatic carbocycles. The number of aromatic nitrogens is 3. The second-order valence-electron chi connectivity index (χ2n) is 5.65. The molecule has 1 saturated carbocycles. The quantitative estimate of drug-likeness (QED) is 0.774. The van der Waals surface area contributed by atoms with Gasteiger partial charge < -0.3 is 15.5 Å². The van der Waals surface area contributed by atoms with E-state index in [9.17, 15) is 15.0 Å². The highest BCUT2D eigenvalue weighted by molar-refractivity contribution is 5.95. The van der Waals surface area contributed by atoms with Gasteiger partial charge in [-0.1, -0.05) is 0 Å². The summed E-state index contributed by atoms with van der Waals surface area (Å²) in [4.78, 5) is 16.3. The lowest BCUT2D eigenvalue weighted by atomic mass is 9.75. The molecule has 1 fully saturated rings. The zero-order valence-corrected chi connectivity index (χ0v) is 12.2. The molecular formula is C15H18N4O3. The number of hydrogen-bond acceptors (Lipinski definition) is 5. The summed E-state index contributed by atoms with van der Waals surface area (Å²) in [6, 6.07) is 2.73. The molecular weight excluding hydrogens is 284 g/mol. The molecule has 0 aliphatic heterocycles. The second-order valence-corrected chi connectivity index (χ2v) is 5.65. The number of pyridine rings is 1. The molecule has 1 amide bonds. The number of aryl methyl sites for hydroxylation is 1. The molecule has 1 unspecified atom stereocenters. The van der Waals surface area contributed by atoms with Crippen LogP contribution in [0.5, 0.6) is 5.75 Å². The van der Waals surface area contributed by atoms with Crippen molar-refractivity contribution in [2.24, 2.45) is 13.0 Å². The molecule has 3 N–H and O–H groups in total. The first kappa shape index (κ1) is 14.5.